The minimum Gasteiger partial charge on any atom is -0.338 e. The lowest BCUT2D eigenvalue weighted by atomic mass is 10.00. The lowest BCUT2D eigenvalue weighted by Gasteiger charge is -2.35. The topological polar surface area (TPSA) is 55.2 Å². The van der Waals surface area contributed by atoms with Crippen molar-refractivity contribution >= 4 is 32.7 Å². The van der Waals surface area contributed by atoms with Crippen LogP contribution in [0.25, 0.3) is 10.9 Å². The Labute approximate surface area is 143 Å². The summed E-state index contributed by atoms with van der Waals surface area (Å²) in [7, 11) is 0. The highest BCUT2D eigenvalue weighted by Gasteiger charge is 2.25. The SMILES string of the molecule is CC[C@@H]1CCCCN1C(=O)Cn1cnc2ccc(Br)cc2c1=O. The number of hydrogen-bond acceptors (Lipinski definition) is 3. The number of fused-ring (bicyclic) bond motifs is 1. The molecule has 5 nitrogen and oxygen atoms in total. The second kappa shape index (κ2) is 6.83. The molecule has 0 unspecified atom stereocenters. The molecule has 6 heteroatoms. The number of carbonyl (C=O) groups excluding carboxylic acids is 1. The predicted octanol–water partition coefficient (Wildman–Crippen LogP) is 2.95. The van der Waals surface area contributed by atoms with E-state index < -0.39 is 0 Å². The molecule has 2 aromatic rings. The molecular formula is C17H20BrN3O2. The number of likely N-dealkylation sites (tertiary alicyclic amines) is 1. The lowest BCUT2D eigenvalue weighted by Crippen LogP contribution is -2.45. The largest absolute Gasteiger partial charge is 0.338 e. The number of rotatable bonds is 3. The Kier molecular flexibility index (Phi) is 4.80. The van der Waals surface area contributed by atoms with Crippen LogP contribution in [-0.4, -0.2) is 32.9 Å². The van der Waals surface area contributed by atoms with Gasteiger partial charge in [0.15, 0.2) is 0 Å². The molecule has 1 aliphatic rings. The van der Waals surface area contributed by atoms with Gasteiger partial charge in [0.2, 0.25) is 5.91 Å². The minimum atomic E-state index is -0.172. The molecule has 1 atom stereocenters. The van der Waals surface area contributed by atoms with Gasteiger partial charge in [-0.05, 0) is 43.9 Å². The third-order valence-corrected chi connectivity index (χ3v) is 5.00. The molecule has 1 amide bonds. The van der Waals surface area contributed by atoms with Crippen molar-refractivity contribution in [3.8, 4) is 0 Å². The van der Waals surface area contributed by atoms with E-state index in [1.54, 1.807) is 12.1 Å². The zero-order chi connectivity index (χ0) is 16.4. The van der Waals surface area contributed by atoms with Crippen molar-refractivity contribution in [3.05, 3.63) is 39.4 Å². The Morgan fingerprint density at radius 2 is 2.22 bits per heavy atom. The molecule has 0 bridgehead atoms. The number of benzene rings is 1. The van der Waals surface area contributed by atoms with E-state index in [1.807, 2.05) is 11.0 Å². The first-order chi connectivity index (χ1) is 11.1. The molecule has 1 aliphatic heterocycles. The fraction of sp³-hybridized carbons (Fsp3) is 0.471. The number of halogens is 1. The molecule has 0 aliphatic carbocycles. The standard InChI is InChI=1S/C17H20BrN3O2/c1-2-13-5-3-4-8-21(13)16(22)10-20-11-19-15-7-6-12(18)9-14(15)17(20)23/h6-7,9,11,13H,2-5,8,10H2,1H3/t13-/m1/s1. The summed E-state index contributed by atoms with van der Waals surface area (Å²) in [4.78, 5) is 31.4. The monoisotopic (exact) mass is 377 g/mol. The highest BCUT2D eigenvalue weighted by atomic mass is 79.9. The first-order valence-electron chi connectivity index (χ1n) is 8.04. The number of piperidine rings is 1. The molecule has 23 heavy (non-hydrogen) atoms. The summed E-state index contributed by atoms with van der Waals surface area (Å²) < 4.78 is 2.24. The van der Waals surface area contributed by atoms with Crippen molar-refractivity contribution < 1.29 is 4.79 Å². The van der Waals surface area contributed by atoms with Gasteiger partial charge in [-0.2, -0.15) is 0 Å². The van der Waals surface area contributed by atoms with Gasteiger partial charge in [0.05, 0.1) is 17.2 Å². The first kappa shape index (κ1) is 16.2. The van der Waals surface area contributed by atoms with Crippen molar-refractivity contribution in [1.29, 1.82) is 0 Å². The second-order valence-electron chi connectivity index (χ2n) is 5.98. The van der Waals surface area contributed by atoms with Crippen LogP contribution in [0, 0.1) is 0 Å². The average molecular weight is 378 g/mol. The van der Waals surface area contributed by atoms with Gasteiger partial charge >= 0.3 is 0 Å². The van der Waals surface area contributed by atoms with E-state index in [0.717, 1.165) is 30.3 Å². The van der Waals surface area contributed by atoms with Gasteiger partial charge in [0.1, 0.15) is 6.54 Å². The highest BCUT2D eigenvalue weighted by molar-refractivity contribution is 9.10. The maximum atomic E-state index is 12.6. The van der Waals surface area contributed by atoms with E-state index in [4.69, 9.17) is 0 Å². The first-order valence-corrected chi connectivity index (χ1v) is 8.83. The van der Waals surface area contributed by atoms with Crippen LogP contribution in [0.15, 0.2) is 33.8 Å². The molecule has 1 fully saturated rings. The van der Waals surface area contributed by atoms with Crippen molar-refractivity contribution in [3.63, 3.8) is 0 Å². The van der Waals surface area contributed by atoms with E-state index in [-0.39, 0.29) is 18.0 Å². The number of carbonyl (C=O) groups is 1. The third kappa shape index (κ3) is 3.32. The molecule has 0 N–H and O–H groups in total. The fourth-order valence-corrected chi connectivity index (χ4v) is 3.59. The zero-order valence-corrected chi connectivity index (χ0v) is 14.8. The van der Waals surface area contributed by atoms with Gasteiger partial charge in [-0.25, -0.2) is 4.98 Å². The zero-order valence-electron chi connectivity index (χ0n) is 13.2. The predicted molar refractivity (Wildman–Crippen MR) is 93.3 cm³/mol. The average Bonchev–Trinajstić information content (AvgIpc) is 2.57. The molecule has 0 saturated carbocycles. The molecule has 2 heterocycles. The number of nitrogens with zero attached hydrogens (tertiary/aromatic N) is 3. The molecule has 1 saturated heterocycles. The van der Waals surface area contributed by atoms with Crippen LogP contribution in [0.5, 0.6) is 0 Å². The molecular weight excluding hydrogens is 358 g/mol. The second-order valence-corrected chi connectivity index (χ2v) is 6.90. The Balaban J connectivity index is 1.87. The van der Waals surface area contributed by atoms with Crippen LogP contribution in [0.3, 0.4) is 0 Å². The number of aromatic nitrogens is 2. The van der Waals surface area contributed by atoms with Gasteiger partial charge in [0.25, 0.3) is 5.56 Å². The Bertz CT molecular complexity index is 787. The van der Waals surface area contributed by atoms with E-state index in [2.05, 4.69) is 27.8 Å². The van der Waals surface area contributed by atoms with Crippen LogP contribution in [0.1, 0.15) is 32.6 Å². The third-order valence-electron chi connectivity index (χ3n) is 4.51. The van der Waals surface area contributed by atoms with Crippen molar-refractivity contribution in [1.82, 2.24) is 14.5 Å². The molecule has 1 aromatic heterocycles. The lowest BCUT2D eigenvalue weighted by molar-refractivity contribution is -0.135. The van der Waals surface area contributed by atoms with Crippen LogP contribution in [-0.2, 0) is 11.3 Å². The summed E-state index contributed by atoms with van der Waals surface area (Å²) in [6, 6.07) is 5.70. The molecule has 0 spiro atoms. The van der Waals surface area contributed by atoms with Crippen LogP contribution < -0.4 is 5.56 Å². The van der Waals surface area contributed by atoms with E-state index in [0.29, 0.717) is 16.9 Å². The van der Waals surface area contributed by atoms with E-state index in [9.17, 15) is 9.59 Å². The van der Waals surface area contributed by atoms with Crippen molar-refractivity contribution in [2.75, 3.05) is 6.54 Å². The Hall–Kier alpha value is -1.69. The summed E-state index contributed by atoms with van der Waals surface area (Å²) in [5.74, 6) is 0.00907. The summed E-state index contributed by atoms with van der Waals surface area (Å²) in [6.45, 7) is 2.96. The van der Waals surface area contributed by atoms with E-state index >= 15 is 0 Å². The maximum absolute atomic E-state index is 12.6. The van der Waals surface area contributed by atoms with Crippen LogP contribution >= 0.6 is 15.9 Å². The summed E-state index contributed by atoms with van der Waals surface area (Å²) in [6.07, 6.45) is 5.71. The van der Waals surface area contributed by atoms with Gasteiger partial charge in [-0.1, -0.05) is 22.9 Å². The van der Waals surface area contributed by atoms with Crippen molar-refractivity contribution in [2.45, 2.75) is 45.2 Å². The Morgan fingerprint density at radius 1 is 1.39 bits per heavy atom. The minimum absolute atomic E-state index is 0.00907. The van der Waals surface area contributed by atoms with Crippen LogP contribution in [0.2, 0.25) is 0 Å². The highest BCUT2D eigenvalue weighted by Crippen LogP contribution is 2.20. The fourth-order valence-electron chi connectivity index (χ4n) is 3.23. The molecule has 122 valence electrons. The summed E-state index contributed by atoms with van der Waals surface area (Å²) >= 11 is 3.37. The van der Waals surface area contributed by atoms with Gasteiger partial charge < -0.3 is 4.90 Å². The van der Waals surface area contributed by atoms with E-state index in [1.165, 1.54) is 17.3 Å². The normalized spacial score (nSPS) is 18.3. The summed E-state index contributed by atoms with van der Waals surface area (Å²) in [5.41, 5.74) is 0.473. The molecule has 0 radical (unpaired) electrons. The van der Waals surface area contributed by atoms with Gasteiger partial charge in [0, 0.05) is 17.1 Å². The molecule has 1 aromatic carbocycles. The van der Waals surface area contributed by atoms with Gasteiger partial charge in [-0.3, -0.25) is 14.2 Å². The number of hydrogen-bond donors (Lipinski definition) is 0. The quantitative estimate of drug-likeness (QED) is 0.825. The smallest absolute Gasteiger partial charge is 0.261 e. The maximum Gasteiger partial charge on any atom is 0.261 e. The number of amides is 1. The van der Waals surface area contributed by atoms with Gasteiger partial charge in [-0.15, -0.1) is 0 Å². The van der Waals surface area contributed by atoms with Crippen molar-refractivity contribution in [2.24, 2.45) is 0 Å². The molecule has 3 rings (SSSR count). The van der Waals surface area contributed by atoms with Crippen LogP contribution in [0.4, 0.5) is 0 Å². The Morgan fingerprint density at radius 3 is 3.00 bits per heavy atom. The summed E-state index contributed by atoms with van der Waals surface area (Å²) in [5, 5.41) is 0.528.